The first-order chi connectivity index (χ1) is 14.9. The number of carbonyl (C=O) groups excluding carboxylic acids is 2. The minimum atomic E-state index is -3.86. The zero-order chi connectivity index (χ0) is 23.7. The van der Waals surface area contributed by atoms with Crippen LogP contribution in [0.5, 0.6) is 5.75 Å². The van der Waals surface area contributed by atoms with Gasteiger partial charge in [0.1, 0.15) is 12.4 Å². The number of benzene rings is 2. The Morgan fingerprint density at radius 3 is 2.34 bits per heavy atom. The number of anilines is 3. The van der Waals surface area contributed by atoms with Gasteiger partial charge in [-0.1, -0.05) is 13.8 Å². The highest BCUT2D eigenvalue weighted by molar-refractivity contribution is 7.92. The summed E-state index contributed by atoms with van der Waals surface area (Å²) in [6, 6.07) is 10.8. The highest BCUT2D eigenvalue weighted by Gasteiger charge is 2.38. The molecule has 0 saturated heterocycles. The Labute approximate surface area is 189 Å². The van der Waals surface area contributed by atoms with Crippen LogP contribution in [0, 0.1) is 11.3 Å². The minimum absolute atomic E-state index is 0.0301. The van der Waals surface area contributed by atoms with E-state index in [0.29, 0.717) is 29.4 Å². The highest BCUT2D eigenvalue weighted by atomic mass is 32.2. The molecule has 1 heterocycles. The number of nitrogens with one attached hydrogen (secondary N) is 2. The van der Waals surface area contributed by atoms with Crippen molar-refractivity contribution >= 4 is 38.9 Å². The fourth-order valence-electron chi connectivity index (χ4n) is 3.39. The summed E-state index contributed by atoms with van der Waals surface area (Å²) in [6.45, 7) is 9.84. The van der Waals surface area contributed by atoms with Crippen LogP contribution in [0.2, 0.25) is 0 Å². The van der Waals surface area contributed by atoms with E-state index in [2.05, 4.69) is 10.0 Å². The molecule has 2 amide bonds. The van der Waals surface area contributed by atoms with E-state index in [1.807, 2.05) is 27.7 Å². The van der Waals surface area contributed by atoms with Gasteiger partial charge < -0.3 is 15.0 Å². The number of rotatable bonds is 6. The lowest BCUT2D eigenvalue weighted by molar-refractivity contribution is -0.127. The Morgan fingerprint density at radius 1 is 1.12 bits per heavy atom. The number of carbonyl (C=O) groups is 2. The predicted molar refractivity (Wildman–Crippen MR) is 124 cm³/mol. The summed E-state index contributed by atoms with van der Waals surface area (Å²) in [5.41, 5.74) is 0.749. The fraction of sp³-hybridized carbons (Fsp3) is 0.391. The third kappa shape index (κ3) is 5.21. The van der Waals surface area contributed by atoms with Crippen molar-refractivity contribution in [2.24, 2.45) is 11.3 Å². The lowest BCUT2D eigenvalue weighted by Crippen LogP contribution is -2.43. The number of amides is 2. The van der Waals surface area contributed by atoms with Crippen molar-refractivity contribution in [2.45, 2.75) is 39.5 Å². The van der Waals surface area contributed by atoms with E-state index in [0.717, 1.165) is 0 Å². The summed E-state index contributed by atoms with van der Waals surface area (Å²) in [7, 11) is -3.86. The van der Waals surface area contributed by atoms with Crippen molar-refractivity contribution in [3.8, 4) is 5.75 Å². The predicted octanol–water partition coefficient (Wildman–Crippen LogP) is 3.85. The Hall–Kier alpha value is -3.07. The molecule has 0 spiro atoms. The molecule has 3 rings (SSSR count). The van der Waals surface area contributed by atoms with Gasteiger partial charge in [-0.3, -0.25) is 14.3 Å². The minimum Gasteiger partial charge on any atom is -0.490 e. The molecular weight excluding hydrogens is 430 g/mol. The van der Waals surface area contributed by atoms with Gasteiger partial charge in [0.2, 0.25) is 11.8 Å². The van der Waals surface area contributed by atoms with Crippen LogP contribution in [-0.4, -0.2) is 33.4 Å². The van der Waals surface area contributed by atoms with Crippen LogP contribution in [0.1, 0.15) is 34.6 Å². The Kier molecular flexibility index (Phi) is 6.50. The number of hydrogen-bond donors (Lipinski definition) is 2. The number of sulfonamides is 1. The second-order valence-electron chi connectivity index (χ2n) is 8.98. The van der Waals surface area contributed by atoms with Gasteiger partial charge in [-0.2, -0.15) is 0 Å². The summed E-state index contributed by atoms with van der Waals surface area (Å²) < 4.78 is 34.1. The topological polar surface area (TPSA) is 105 Å². The van der Waals surface area contributed by atoms with Crippen LogP contribution in [-0.2, 0) is 19.6 Å². The molecule has 8 nitrogen and oxygen atoms in total. The summed E-state index contributed by atoms with van der Waals surface area (Å²) in [6.07, 6.45) is 0. The molecule has 0 radical (unpaired) electrons. The molecule has 9 heteroatoms. The van der Waals surface area contributed by atoms with Gasteiger partial charge in [0, 0.05) is 25.2 Å². The van der Waals surface area contributed by atoms with Gasteiger partial charge in [0.05, 0.1) is 21.7 Å². The zero-order valence-electron chi connectivity index (χ0n) is 18.9. The van der Waals surface area contributed by atoms with Crippen molar-refractivity contribution in [3.63, 3.8) is 0 Å². The van der Waals surface area contributed by atoms with Crippen molar-refractivity contribution in [3.05, 3.63) is 42.5 Å². The van der Waals surface area contributed by atoms with Crippen LogP contribution < -0.4 is 19.7 Å². The molecule has 0 aromatic heterocycles. The van der Waals surface area contributed by atoms with E-state index in [4.69, 9.17) is 4.74 Å². The molecule has 2 N–H and O–H groups in total. The van der Waals surface area contributed by atoms with Gasteiger partial charge >= 0.3 is 0 Å². The van der Waals surface area contributed by atoms with Gasteiger partial charge in [0.25, 0.3) is 10.0 Å². The van der Waals surface area contributed by atoms with Crippen molar-refractivity contribution < 1.29 is 22.7 Å². The quantitative estimate of drug-likeness (QED) is 0.683. The monoisotopic (exact) mass is 459 g/mol. The lowest BCUT2D eigenvalue weighted by Gasteiger charge is -2.29. The van der Waals surface area contributed by atoms with Gasteiger partial charge in [-0.05, 0) is 56.2 Å². The lowest BCUT2D eigenvalue weighted by atomic mass is 9.92. The molecule has 0 saturated carbocycles. The standard InChI is InChI=1S/C23H29N3O5S/c1-15(2)13-26-20-11-8-18(12-21(20)31-14-23(4,5)22(26)28)25-32(29,30)19-9-6-17(7-10-19)24-16(3)27/h6-12,15,25H,13-14H2,1-5H3,(H,24,27). The molecule has 0 aliphatic carbocycles. The Balaban J connectivity index is 1.89. The molecule has 1 aliphatic heterocycles. The fourth-order valence-corrected chi connectivity index (χ4v) is 4.44. The molecule has 0 atom stereocenters. The van der Waals surface area contributed by atoms with Crippen LogP contribution in [0.25, 0.3) is 0 Å². The van der Waals surface area contributed by atoms with Gasteiger partial charge in [-0.25, -0.2) is 8.42 Å². The maximum atomic E-state index is 13.1. The molecule has 32 heavy (non-hydrogen) atoms. The van der Waals surface area contributed by atoms with Crippen LogP contribution in [0.4, 0.5) is 17.1 Å². The average molecular weight is 460 g/mol. The van der Waals surface area contributed by atoms with Crippen molar-refractivity contribution in [2.75, 3.05) is 28.1 Å². The third-order valence-corrected chi connectivity index (χ3v) is 6.35. The van der Waals surface area contributed by atoms with E-state index in [1.165, 1.54) is 31.2 Å². The summed E-state index contributed by atoms with van der Waals surface area (Å²) in [4.78, 5) is 26.0. The second kappa shape index (κ2) is 8.82. The third-order valence-electron chi connectivity index (χ3n) is 4.95. The molecule has 2 aromatic carbocycles. The first-order valence-corrected chi connectivity index (χ1v) is 11.9. The van der Waals surface area contributed by atoms with E-state index < -0.39 is 15.4 Å². The summed E-state index contributed by atoms with van der Waals surface area (Å²) >= 11 is 0. The largest absolute Gasteiger partial charge is 0.490 e. The Bertz CT molecular complexity index is 1120. The van der Waals surface area contributed by atoms with Crippen molar-refractivity contribution in [1.82, 2.24) is 0 Å². The van der Waals surface area contributed by atoms with Gasteiger partial charge in [-0.15, -0.1) is 0 Å². The molecule has 0 unspecified atom stereocenters. The summed E-state index contributed by atoms with van der Waals surface area (Å²) in [5, 5.41) is 2.60. The number of hydrogen-bond acceptors (Lipinski definition) is 5. The maximum Gasteiger partial charge on any atom is 0.261 e. The van der Waals surface area contributed by atoms with E-state index >= 15 is 0 Å². The highest BCUT2D eigenvalue weighted by Crippen LogP contribution is 2.39. The average Bonchev–Trinajstić information content (AvgIpc) is 2.78. The van der Waals surface area contributed by atoms with E-state index in [1.54, 1.807) is 23.1 Å². The second-order valence-corrected chi connectivity index (χ2v) is 10.7. The molecule has 0 fully saturated rings. The van der Waals surface area contributed by atoms with Crippen LogP contribution in [0.3, 0.4) is 0 Å². The van der Waals surface area contributed by atoms with Crippen LogP contribution in [0.15, 0.2) is 47.4 Å². The van der Waals surface area contributed by atoms with Gasteiger partial charge in [0.15, 0.2) is 0 Å². The van der Waals surface area contributed by atoms with Crippen molar-refractivity contribution in [1.29, 1.82) is 0 Å². The van der Waals surface area contributed by atoms with Crippen LogP contribution >= 0.6 is 0 Å². The smallest absolute Gasteiger partial charge is 0.261 e. The first-order valence-electron chi connectivity index (χ1n) is 10.4. The van der Waals surface area contributed by atoms with E-state index in [-0.39, 0.29) is 29.2 Å². The Morgan fingerprint density at radius 2 is 1.75 bits per heavy atom. The normalized spacial score (nSPS) is 15.6. The SMILES string of the molecule is CC(=O)Nc1ccc(S(=O)(=O)Nc2ccc3c(c2)OCC(C)(C)C(=O)N3CC(C)C)cc1. The zero-order valence-corrected chi connectivity index (χ0v) is 19.7. The molecular formula is C23H29N3O5S. The number of ether oxygens (including phenoxy) is 1. The molecule has 0 bridgehead atoms. The molecule has 172 valence electrons. The number of nitrogens with zero attached hydrogens (tertiary/aromatic N) is 1. The van der Waals surface area contributed by atoms with E-state index in [9.17, 15) is 18.0 Å². The maximum absolute atomic E-state index is 13.1. The molecule has 1 aliphatic rings. The molecule has 2 aromatic rings. The first kappa shape index (κ1) is 23.6. The summed E-state index contributed by atoms with van der Waals surface area (Å²) in [5.74, 6) is 0.430. The number of fused-ring (bicyclic) bond motifs is 1.